The molecule has 2 aromatic carbocycles. The first-order valence-electron chi connectivity index (χ1n) is 14.5. The zero-order valence-corrected chi connectivity index (χ0v) is 29.1. The van der Waals surface area contributed by atoms with Crippen molar-refractivity contribution in [1.82, 2.24) is 13.9 Å². The number of rotatable bonds is 8. The molecule has 0 saturated carbocycles. The van der Waals surface area contributed by atoms with Crippen molar-refractivity contribution in [2.45, 2.75) is 49.3 Å². The fraction of sp³-hybridized carbons (Fsp3) is 0.483. The van der Waals surface area contributed by atoms with E-state index in [0.717, 1.165) is 48.0 Å². The minimum atomic E-state index is -3.85. The molecule has 1 N–H and O–H groups in total. The largest absolute Gasteiger partial charge is 0.468 e. The summed E-state index contributed by atoms with van der Waals surface area (Å²) in [6.45, 7) is 1.23. The lowest BCUT2D eigenvalue weighted by atomic mass is 10.2. The number of methoxy groups -OCH3 is 2. The van der Waals surface area contributed by atoms with E-state index in [-0.39, 0.29) is 53.1 Å². The van der Waals surface area contributed by atoms with Crippen LogP contribution in [0.3, 0.4) is 0 Å². The van der Waals surface area contributed by atoms with Gasteiger partial charge >= 0.3 is 18.0 Å². The summed E-state index contributed by atoms with van der Waals surface area (Å²) in [7, 11) is -4.93. The van der Waals surface area contributed by atoms with E-state index >= 15 is 0 Å². The van der Waals surface area contributed by atoms with Crippen molar-refractivity contribution in [3.8, 4) is 0 Å². The van der Waals surface area contributed by atoms with Crippen LogP contribution in [-0.4, -0.2) is 96.0 Å². The molecular weight excluding hydrogens is 723 g/mol. The number of halogens is 4. The molecule has 0 radical (unpaired) electrons. The van der Waals surface area contributed by atoms with Gasteiger partial charge in [-0.2, -0.15) is 4.31 Å². The van der Waals surface area contributed by atoms with E-state index in [9.17, 15) is 40.0 Å². The standard InChI is InChI=1S/C13H15ClFNO4S.C10H9ClFNO4S.C6H11NO2/c1-20-13(17)12-3-2-6-16(12)21(18,19)8-9-4-5-10(15)7-11(9)14;11-9-5-8(12)2-1-7(9)6-18(15,16)13-3-4-17-10(13)14;1-9-6(8)5-3-2-4-7-5/h4-5,7,12H,2-3,6,8H2,1H3;1-2,5H,3-4,6H2;5,7H,2-4H2,1H3/t12-;;5-/m0.0/s1. The number of sulfonamides is 2. The maximum atomic E-state index is 13.0. The average Bonchev–Trinajstić information content (AvgIpc) is 3.83. The van der Waals surface area contributed by atoms with Gasteiger partial charge in [-0.05, 0) is 67.6 Å². The van der Waals surface area contributed by atoms with Crippen molar-refractivity contribution in [3.05, 3.63) is 69.2 Å². The summed E-state index contributed by atoms with van der Waals surface area (Å²) in [5.41, 5.74) is 0.534. The van der Waals surface area contributed by atoms with Gasteiger partial charge in [-0.3, -0.25) is 9.59 Å². The molecule has 19 heteroatoms. The van der Waals surface area contributed by atoms with Crippen LogP contribution in [0.15, 0.2) is 36.4 Å². The molecule has 0 bridgehead atoms. The zero-order valence-electron chi connectivity index (χ0n) is 26.0. The summed E-state index contributed by atoms with van der Waals surface area (Å²) < 4.78 is 90.0. The van der Waals surface area contributed by atoms with Crippen LogP contribution in [0.2, 0.25) is 10.0 Å². The van der Waals surface area contributed by atoms with Crippen molar-refractivity contribution < 1.29 is 54.2 Å². The van der Waals surface area contributed by atoms with Gasteiger partial charge in [0, 0.05) is 16.6 Å². The number of ether oxygens (including phenoxy) is 3. The number of nitrogens with one attached hydrogen (secondary N) is 1. The van der Waals surface area contributed by atoms with Crippen molar-refractivity contribution >= 4 is 61.3 Å². The molecule has 3 fully saturated rings. The Kier molecular flexibility index (Phi) is 14.4. The molecule has 3 aliphatic heterocycles. The van der Waals surface area contributed by atoms with Crippen molar-refractivity contribution in [3.63, 3.8) is 0 Å². The van der Waals surface area contributed by atoms with Gasteiger partial charge in [0.15, 0.2) is 0 Å². The van der Waals surface area contributed by atoms with Crippen LogP contribution in [0.5, 0.6) is 0 Å². The van der Waals surface area contributed by atoms with Crippen LogP contribution in [-0.2, 0) is 55.4 Å². The van der Waals surface area contributed by atoms with Crippen molar-refractivity contribution in [2.75, 3.05) is 40.5 Å². The minimum absolute atomic E-state index is 0.00568. The third-order valence-corrected chi connectivity index (χ3v) is 11.6. The van der Waals surface area contributed by atoms with Gasteiger partial charge in [-0.1, -0.05) is 35.3 Å². The Morgan fingerprint density at radius 2 is 1.44 bits per heavy atom. The Hall–Kier alpha value is -3.09. The topological polar surface area (TPSA) is 166 Å². The second-order valence-electron chi connectivity index (χ2n) is 10.6. The predicted octanol–water partition coefficient (Wildman–Crippen LogP) is 3.62. The van der Waals surface area contributed by atoms with E-state index in [1.54, 1.807) is 0 Å². The Bertz CT molecular complexity index is 1690. The number of hydrogen-bond acceptors (Lipinski definition) is 11. The molecule has 1 amide bonds. The van der Waals surface area contributed by atoms with Crippen LogP contribution in [0.4, 0.5) is 13.6 Å². The maximum absolute atomic E-state index is 13.0. The molecule has 0 aliphatic carbocycles. The first-order chi connectivity index (χ1) is 22.6. The first kappa shape index (κ1) is 39.3. The van der Waals surface area contributed by atoms with E-state index in [2.05, 4.69) is 19.5 Å². The van der Waals surface area contributed by atoms with Crippen LogP contribution in [0.25, 0.3) is 0 Å². The summed E-state index contributed by atoms with van der Waals surface area (Å²) in [5.74, 6) is -2.63. The molecule has 3 aliphatic rings. The van der Waals surface area contributed by atoms with E-state index in [1.807, 2.05) is 0 Å². The summed E-state index contributed by atoms with van der Waals surface area (Å²) >= 11 is 11.6. The average molecular weight is 759 g/mol. The smallest absolute Gasteiger partial charge is 0.423 e. The molecular formula is C29H35Cl2F2N3O10S2. The molecule has 48 heavy (non-hydrogen) atoms. The highest BCUT2D eigenvalue weighted by molar-refractivity contribution is 7.89. The van der Waals surface area contributed by atoms with Gasteiger partial charge in [-0.15, -0.1) is 0 Å². The lowest BCUT2D eigenvalue weighted by molar-refractivity contribution is -0.144. The van der Waals surface area contributed by atoms with E-state index < -0.39 is 55.5 Å². The number of cyclic esters (lactones) is 1. The lowest BCUT2D eigenvalue weighted by Gasteiger charge is -2.22. The van der Waals surface area contributed by atoms with Gasteiger partial charge < -0.3 is 19.5 Å². The van der Waals surface area contributed by atoms with Gasteiger partial charge in [0.2, 0.25) is 20.0 Å². The highest BCUT2D eigenvalue weighted by Gasteiger charge is 2.39. The number of carbonyl (C=O) groups is 3. The highest BCUT2D eigenvalue weighted by atomic mass is 35.5. The van der Waals surface area contributed by atoms with Crippen LogP contribution in [0.1, 0.15) is 36.8 Å². The number of amides is 1. The van der Waals surface area contributed by atoms with Crippen LogP contribution >= 0.6 is 23.2 Å². The Labute approximate surface area is 287 Å². The van der Waals surface area contributed by atoms with Gasteiger partial charge in [0.05, 0.1) is 32.3 Å². The minimum Gasteiger partial charge on any atom is -0.468 e. The first-order valence-corrected chi connectivity index (χ1v) is 18.5. The molecule has 0 aromatic heterocycles. The molecule has 266 valence electrons. The zero-order chi connectivity index (χ0) is 35.6. The Morgan fingerprint density at radius 1 is 0.875 bits per heavy atom. The number of benzene rings is 2. The van der Waals surface area contributed by atoms with Crippen LogP contribution < -0.4 is 5.32 Å². The lowest BCUT2D eigenvalue weighted by Crippen LogP contribution is -2.41. The van der Waals surface area contributed by atoms with E-state index in [1.165, 1.54) is 26.4 Å². The molecule has 2 atom stereocenters. The van der Waals surface area contributed by atoms with E-state index in [0.29, 0.717) is 22.7 Å². The van der Waals surface area contributed by atoms with Crippen molar-refractivity contribution in [2.24, 2.45) is 0 Å². The third kappa shape index (κ3) is 10.7. The fourth-order valence-electron chi connectivity index (χ4n) is 4.94. The molecule has 3 saturated heterocycles. The summed E-state index contributed by atoms with van der Waals surface area (Å²) in [6, 6.07) is 6.13. The maximum Gasteiger partial charge on any atom is 0.423 e. The highest BCUT2D eigenvalue weighted by Crippen LogP contribution is 2.27. The quantitative estimate of drug-likeness (QED) is 0.309. The van der Waals surface area contributed by atoms with E-state index in [4.69, 9.17) is 23.2 Å². The number of esters is 2. The second-order valence-corrected chi connectivity index (χ2v) is 15.3. The fourth-order valence-corrected chi connectivity index (χ4v) is 8.79. The molecule has 3 heterocycles. The Morgan fingerprint density at radius 3 is 1.90 bits per heavy atom. The number of nitrogens with zero attached hydrogens (tertiary/aromatic N) is 2. The Balaban J connectivity index is 0.000000210. The SMILES string of the molecule is COC(=O)[C@@H]1CCCN1.COC(=O)[C@@H]1CCCN1S(=O)(=O)Cc1ccc(F)cc1Cl.O=C1OCCN1S(=O)(=O)Cc1ccc(F)cc1Cl. The summed E-state index contributed by atoms with van der Waals surface area (Å²) in [6.07, 6.45) is 2.14. The second kappa shape index (κ2) is 17.5. The molecule has 5 rings (SSSR count). The summed E-state index contributed by atoms with van der Waals surface area (Å²) in [4.78, 5) is 33.5. The number of hydrogen-bond donors (Lipinski definition) is 1. The van der Waals surface area contributed by atoms with Crippen LogP contribution in [0, 0.1) is 11.6 Å². The molecule has 0 spiro atoms. The van der Waals surface area contributed by atoms with Gasteiger partial charge in [0.25, 0.3) is 0 Å². The molecule has 2 aromatic rings. The van der Waals surface area contributed by atoms with Crippen molar-refractivity contribution in [1.29, 1.82) is 0 Å². The normalized spacial score (nSPS) is 19.5. The number of carbonyl (C=O) groups excluding carboxylic acids is 3. The summed E-state index contributed by atoms with van der Waals surface area (Å²) in [5, 5.41) is 3.09. The predicted molar refractivity (Wildman–Crippen MR) is 171 cm³/mol. The third-order valence-electron chi connectivity index (χ3n) is 7.35. The molecule has 13 nitrogen and oxygen atoms in total. The molecule has 0 unspecified atom stereocenters. The van der Waals surface area contributed by atoms with Gasteiger partial charge in [0.1, 0.15) is 30.3 Å². The van der Waals surface area contributed by atoms with Gasteiger partial charge in [-0.25, -0.2) is 34.7 Å². The monoisotopic (exact) mass is 757 g/mol.